The first-order valence-electron chi connectivity index (χ1n) is 5.18. The molecule has 86 valence electrons. The maximum Gasteiger partial charge on any atom is 0.180 e. The fraction of sp³-hybridized carbons (Fsp3) is 0.455. The molecule has 2 N–H and O–H groups in total. The van der Waals surface area contributed by atoms with Gasteiger partial charge in [0.1, 0.15) is 5.82 Å². The fourth-order valence-corrected chi connectivity index (χ4v) is 4.41. The van der Waals surface area contributed by atoms with Crippen LogP contribution in [0.25, 0.3) is 0 Å². The lowest BCUT2D eigenvalue weighted by molar-refractivity contribution is 0.0990. The summed E-state index contributed by atoms with van der Waals surface area (Å²) in [6.07, 6.45) is 1.61. The Kier molecular flexibility index (Phi) is 3.76. The number of rotatable bonds is 2. The van der Waals surface area contributed by atoms with Gasteiger partial charge < -0.3 is 5.73 Å². The quantitative estimate of drug-likeness (QED) is 0.819. The van der Waals surface area contributed by atoms with Crippen molar-refractivity contribution >= 4 is 35.1 Å². The summed E-state index contributed by atoms with van der Waals surface area (Å²) in [6.45, 7) is 2.10. The van der Waals surface area contributed by atoms with Crippen LogP contribution in [0.15, 0.2) is 18.3 Å². The van der Waals surface area contributed by atoms with Crippen LogP contribution in [-0.2, 0) is 0 Å². The van der Waals surface area contributed by atoms with Crippen LogP contribution in [0.5, 0.6) is 0 Å². The van der Waals surface area contributed by atoms with Gasteiger partial charge in [0.25, 0.3) is 0 Å². The standard InChI is InChI=1S/C11H14N2OS2/c1-7-10(16-6-5-15-7)9(14)8-3-2-4-13-11(8)12/h2-4,7,10H,5-6H2,1H3,(H2,12,13). The van der Waals surface area contributed by atoms with Gasteiger partial charge in [-0.25, -0.2) is 4.98 Å². The number of hydrogen-bond donors (Lipinski definition) is 1. The Morgan fingerprint density at radius 3 is 2.94 bits per heavy atom. The summed E-state index contributed by atoms with van der Waals surface area (Å²) in [5.74, 6) is 2.62. The second-order valence-electron chi connectivity index (χ2n) is 3.67. The zero-order valence-electron chi connectivity index (χ0n) is 9.05. The summed E-state index contributed by atoms with van der Waals surface area (Å²) in [5.41, 5.74) is 6.29. The summed E-state index contributed by atoms with van der Waals surface area (Å²) in [4.78, 5) is 16.2. The van der Waals surface area contributed by atoms with Gasteiger partial charge in [0, 0.05) is 23.0 Å². The third-order valence-electron chi connectivity index (χ3n) is 2.55. The van der Waals surface area contributed by atoms with Crippen molar-refractivity contribution < 1.29 is 4.79 Å². The number of anilines is 1. The van der Waals surface area contributed by atoms with Gasteiger partial charge in [-0.15, -0.1) is 11.8 Å². The smallest absolute Gasteiger partial charge is 0.180 e. The Labute approximate surface area is 104 Å². The molecule has 5 heteroatoms. The van der Waals surface area contributed by atoms with Crippen molar-refractivity contribution in [2.75, 3.05) is 17.2 Å². The topological polar surface area (TPSA) is 56.0 Å². The third kappa shape index (κ3) is 2.35. The number of nitrogen functional groups attached to an aromatic ring is 1. The van der Waals surface area contributed by atoms with Gasteiger partial charge in [0.15, 0.2) is 5.78 Å². The molecule has 0 aliphatic carbocycles. The molecule has 1 aliphatic rings. The molecule has 0 radical (unpaired) electrons. The number of pyridine rings is 1. The normalized spacial score (nSPS) is 25.3. The van der Waals surface area contributed by atoms with Crippen LogP contribution >= 0.6 is 23.5 Å². The molecule has 2 rings (SSSR count). The number of carbonyl (C=O) groups excluding carboxylic acids is 1. The molecule has 2 unspecified atom stereocenters. The minimum Gasteiger partial charge on any atom is -0.383 e. The molecule has 1 aromatic rings. The van der Waals surface area contributed by atoms with Crippen LogP contribution in [0, 0.1) is 0 Å². The predicted octanol–water partition coefficient (Wildman–Crippen LogP) is 2.08. The van der Waals surface area contributed by atoms with Gasteiger partial charge in [-0.05, 0) is 12.1 Å². The number of Topliss-reactive ketones (excluding diaryl/α,β-unsaturated/α-hetero) is 1. The highest BCUT2D eigenvalue weighted by Gasteiger charge is 2.30. The van der Waals surface area contributed by atoms with Gasteiger partial charge in [-0.2, -0.15) is 11.8 Å². The first-order valence-corrected chi connectivity index (χ1v) is 7.28. The highest BCUT2D eigenvalue weighted by molar-refractivity contribution is 8.07. The molecule has 2 heterocycles. The molecule has 2 atom stereocenters. The van der Waals surface area contributed by atoms with Crippen molar-refractivity contribution in [3.63, 3.8) is 0 Å². The second kappa shape index (κ2) is 5.10. The SMILES string of the molecule is CC1SCCSC1C(=O)c1cccnc1N. The van der Waals surface area contributed by atoms with E-state index >= 15 is 0 Å². The molecule has 1 aromatic heterocycles. The van der Waals surface area contributed by atoms with Gasteiger partial charge in [0.05, 0.1) is 10.8 Å². The van der Waals surface area contributed by atoms with E-state index in [4.69, 9.17) is 5.73 Å². The molecule has 1 fully saturated rings. The summed E-state index contributed by atoms with van der Waals surface area (Å²) >= 11 is 3.58. The average Bonchev–Trinajstić information content (AvgIpc) is 2.29. The fourth-order valence-electron chi connectivity index (χ4n) is 1.70. The van der Waals surface area contributed by atoms with E-state index in [2.05, 4.69) is 11.9 Å². The van der Waals surface area contributed by atoms with Crippen molar-refractivity contribution in [1.29, 1.82) is 0 Å². The Bertz CT molecular complexity index is 397. The van der Waals surface area contributed by atoms with Crippen LogP contribution in [0.2, 0.25) is 0 Å². The maximum absolute atomic E-state index is 12.3. The van der Waals surface area contributed by atoms with E-state index < -0.39 is 0 Å². The highest BCUT2D eigenvalue weighted by atomic mass is 32.2. The first-order chi connectivity index (χ1) is 7.70. The lowest BCUT2D eigenvalue weighted by atomic mass is 10.1. The Morgan fingerprint density at radius 2 is 2.25 bits per heavy atom. The summed E-state index contributed by atoms with van der Waals surface area (Å²) in [6, 6.07) is 3.52. The number of carbonyl (C=O) groups is 1. The molecule has 3 nitrogen and oxygen atoms in total. The highest BCUT2D eigenvalue weighted by Crippen LogP contribution is 2.33. The number of hydrogen-bond acceptors (Lipinski definition) is 5. The average molecular weight is 254 g/mol. The van der Waals surface area contributed by atoms with Crippen LogP contribution in [-0.4, -0.2) is 32.8 Å². The van der Waals surface area contributed by atoms with E-state index in [0.717, 1.165) is 11.5 Å². The molecule has 0 spiro atoms. The zero-order valence-corrected chi connectivity index (χ0v) is 10.7. The van der Waals surface area contributed by atoms with E-state index in [0.29, 0.717) is 16.6 Å². The van der Waals surface area contributed by atoms with E-state index in [1.165, 1.54) is 0 Å². The molecular weight excluding hydrogens is 240 g/mol. The maximum atomic E-state index is 12.3. The molecule has 0 saturated carbocycles. The Balaban J connectivity index is 2.21. The van der Waals surface area contributed by atoms with E-state index in [9.17, 15) is 4.79 Å². The molecule has 0 bridgehead atoms. The van der Waals surface area contributed by atoms with Crippen LogP contribution in [0.1, 0.15) is 17.3 Å². The first kappa shape index (κ1) is 11.8. The van der Waals surface area contributed by atoms with Gasteiger partial charge >= 0.3 is 0 Å². The molecule has 16 heavy (non-hydrogen) atoms. The van der Waals surface area contributed by atoms with Crippen molar-refractivity contribution in [3.8, 4) is 0 Å². The monoisotopic (exact) mass is 254 g/mol. The largest absolute Gasteiger partial charge is 0.383 e. The molecule has 0 aromatic carbocycles. The van der Waals surface area contributed by atoms with E-state index in [-0.39, 0.29) is 11.0 Å². The number of nitrogens with two attached hydrogens (primary N) is 1. The third-order valence-corrected chi connectivity index (χ3v) is 5.64. The van der Waals surface area contributed by atoms with Crippen molar-refractivity contribution in [2.45, 2.75) is 17.4 Å². The Hall–Kier alpha value is -0.680. The molecular formula is C11H14N2OS2. The van der Waals surface area contributed by atoms with E-state index in [1.54, 1.807) is 30.1 Å². The van der Waals surface area contributed by atoms with Crippen molar-refractivity contribution in [2.24, 2.45) is 0 Å². The lowest BCUT2D eigenvalue weighted by Crippen LogP contribution is -2.31. The summed E-state index contributed by atoms with van der Waals surface area (Å²) in [5, 5.41) is 0.371. The van der Waals surface area contributed by atoms with Gasteiger partial charge in [-0.1, -0.05) is 6.92 Å². The number of aromatic nitrogens is 1. The zero-order chi connectivity index (χ0) is 11.5. The number of thioether (sulfide) groups is 2. The van der Waals surface area contributed by atoms with Crippen molar-refractivity contribution in [3.05, 3.63) is 23.9 Å². The number of ketones is 1. The van der Waals surface area contributed by atoms with Crippen LogP contribution in [0.4, 0.5) is 5.82 Å². The van der Waals surface area contributed by atoms with Crippen molar-refractivity contribution in [1.82, 2.24) is 4.98 Å². The van der Waals surface area contributed by atoms with E-state index in [1.807, 2.05) is 11.8 Å². The second-order valence-corrected chi connectivity index (χ2v) is 6.40. The lowest BCUT2D eigenvalue weighted by Gasteiger charge is -2.26. The Morgan fingerprint density at radius 1 is 1.50 bits per heavy atom. The molecule has 1 saturated heterocycles. The van der Waals surface area contributed by atoms with Crippen LogP contribution in [0.3, 0.4) is 0 Å². The van der Waals surface area contributed by atoms with Gasteiger partial charge in [-0.3, -0.25) is 4.79 Å². The minimum atomic E-state index is 0.0187. The molecule has 0 amide bonds. The summed E-state index contributed by atoms with van der Waals surface area (Å²) < 4.78 is 0. The minimum absolute atomic E-state index is 0.0187. The number of nitrogens with zero attached hydrogens (tertiary/aromatic N) is 1. The predicted molar refractivity (Wildman–Crippen MR) is 71.1 cm³/mol. The molecule has 1 aliphatic heterocycles. The summed E-state index contributed by atoms with van der Waals surface area (Å²) in [7, 11) is 0. The van der Waals surface area contributed by atoms with Gasteiger partial charge in [0.2, 0.25) is 0 Å². The van der Waals surface area contributed by atoms with Crippen LogP contribution < -0.4 is 5.73 Å².